The number of ether oxygens (including phenoxy) is 2. The van der Waals surface area contributed by atoms with Gasteiger partial charge in [0, 0.05) is 12.1 Å². The lowest BCUT2D eigenvalue weighted by atomic mass is 9.97. The van der Waals surface area contributed by atoms with Gasteiger partial charge in [-0.25, -0.2) is 4.79 Å². The molecule has 30 heavy (non-hydrogen) atoms. The van der Waals surface area contributed by atoms with Crippen molar-refractivity contribution < 1.29 is 28.6 Å². The summed E-state index contributed by atoms with van der Waals surface area (Å²) in [4.78, 5) is 23.7. The molecule has 0 aliphatic carbocycles. The summed E-state index contributed by atoms with van der Waals surface area (Å²) in [6, 6.07) is 5.26. The normalized spacial score (nSPS) is 13.5. The molecule has 170 valence electrons. The molecule has 0 bridgehead atoms. The van der Waals surface area contributed by atoms with Gasteiger partial charge < -0.3 is 24.3 Å². The standard InChI is InChI=1S/C22H37NO6Si/c1-21(2,3)29-20(26)23-13-17(19(24)25)15-10-11-16(18(12-15)27-7)14-28-30(8,9)22(4,5)6/h10-12,17H,13-14H2,1-9H3,(H,23,26)(H,24,25). The van der Waals surface area contributed by atoms with Crippen molar-refractivity contribution in [2.75, 3.05) is 13.7 Å². The molecule has 1 rings (SSSR count). The molecule has 0 heterocycles. The summed E-state index contributed by atoms with van der Waals surface area (Å²) in [5, 5.41) is 12.3. The summed E-state index contributed by atoms with van der Waals surface area (Å²) in [7, 11) is -0.387. The van der Waals surface area contributed by atoms with E-state index >= 15 is 0 Å². The number of alkyl carbamates (subject to hydrolysis) is 1. The van der Waals surface area contributed by atoms with Crippen LogP contribution in [-0.2, 0) is 20.6 Å². The summed E-state index contributed by atoms with van der Waals surface area (Å²) in [5.41, 5.74) is 0.736. The van der Waals surface area contributed by atoms with Gasteiger partial charge in [-0.2, -0.15) is 0 Å². The van der Waals surface area contributed by atoms with E-state index in [2.05, 4.69) is 39.2 Å². The van der Waals surface area contributed by atoms with Crippen LogP contribution in [0.3, 0.4) is 0 Å². The molecule has 1 aromatic carbocycles. The Morgan fingerprint density at radius 2 is 1.73 bits per heavy atom. The van der Waals surface area contributed by atoms with E-state index in [0.29, 0.717) is 17.9 Å². The number of aliphatic carboxylic acids is 1. The van der Waals surface area contributed by atoms with Gasteiger partial charge in [0.15, 0.2) is 8.32 Å². The van der Waals surface area contributed by atoms with Gasteiger partial charge in [-0.05, 0) is 50.5 Å². The number of methoxy groups -OCH3 is 1. The lowest BCUT2D eigenvalue weighted by Crippen LogP contribution is -2.40. The predicted octanol–water partition coefficient (Wildman–Crippen LogP) is 4.91. The largest absolute Gasteiger partial charge is 0.496 e. The monoisotopic (exact) mass is 439 g/mol. The number of nitrogens with one attached hydrogen (secondary N) is 1. The summed E-state index contributed by atoms with van der Waals surface area (Å²) in [6.07, 6.45) is -0.653. The van der Waals surface area contributed by atoms with E-state index in [1.165, 1.54) is 0 Å². The fourth-order valence-corrected chi connectivity index (χ4v) is 3.37. The Hall–Kier alpha value is -2.06. The molecule has 1 unspecified atom stereocenters. The van der Waals surface area contributed by atoms with Crippen molar-refractivity contribution in [2.45, 2.75) is 77.8 Å². The van der Waals surface area contributed by atoms with E-state index in [4.69, 9.17) is 13.9 Å². The zero-order valence-electron chi connectivity index (χ0n) is 19.7. The molecular weight excluding hydrogens is 402 g/mol. The second-order valence-electron chi connectivity index (χ2n) is 9.89. The van der Waals surface area contributed by atoms with Gasteiger partial charge >= 0.3 is 12.1 Å². The van der Waals surface area contributed by atoms with E-state index < -0.39 is 31.9 Å². The summed E-state index contributed by atoms with van der Waals surface area (Å²) < 4.78 is 16.9. The lowest BCUT2D eigenvalue weighted by Gasteiger charge is -2.36. The van der Waals surface area contributed by atoms with E-state index in [9.17, 15) is 14.7 Å². The number of carboxylic acid groups (broad SMARTS) is 1. The van der Waals surface area contributed by atoms with Crippen molar-refractivity contribution in [1.29, 1.82) is 0 Å². The highest BCUT2D eigenvalue weighted by atomic mass is 28.4. The van der Waals surface area contributed by atoms with Crippen LogP contribution < -0.4 is 10.1 Å². The molecule has 0 aromatic heterocycles. The molecule has 0 fully saturated rings. The Morgan fingerprint density at radius 1 is 1.13 bits per heavy atom. The maximum Gasteiger partial charge on any atom is 0.407 e. The number of benzene rings is 1. The van der Waals surface area contributed by atoms with Crippen LogP contribution in [-0.4, -0.2) is 44.7 Å². The van der Waals surface area contributed by atoms with Gasteiger partial charge in [-0.3, -0.25) is 4.79 Å². The van der Waals surface area contributed by atoms with Crippen molar-refractivity contribution >= 4 is 20.4 Å². The first kappa shape index (κ1) is 26.0. The summed E-state index contributed by atoms with van der Waals surface area (Å²) in [5.74, 6) is -1.41. The first-order valence-corrected chi connectivity index (χ1v) is 13.0. The molecule has 0 spiro atoms. The number of carboxylic acids is 1. The average molecular weight is 440 g/mol. The van der Waals surface area contributed by atoms with E-state index in [1.807, 2.05) is 6.07 Å². The third-order valence-corrected chi connectivity index (χ3v) is 9.73. The van der Waals surface area contributed by atoms with E-state index in [-0.39, 0.29) is 11.6 Å². The first-order chi connectivity index (χ1) is 13.6. The summed E-state index contributed by atoms with van der Waals surface area (Å²) in [6.45, 7) is 16.4. The Morgan fingerprint density at radius 3 is 2.20 bits per heavy atom. The third-order valence-electron chi connectivity index (χ3n) is 5.26. The molecule has 0 saturated carbocycles. The van der Waals surface area contributed by atoms with Gasteiger partial charge in [-0.1, -0.05) is 32.9 Å². The van der Waals surface area contributed by atoms with Crippen molar-refractivity contribution in [2.24, 2.45) is 0 Å². The highest BCUT2D eigenvalue weighted by molar-refractivity contribution is 6.74. The molecule has 0 aliphatic heterocycles. The lowest BCUT2D eigenvalue weighted by molar-refractivity contribution is -0.138. The average Bonchev–Trinajstić information content (AvgIpc) is 2.57. The van der Waals surface area contributed by atoms with Crippen molar-refractivity contribution in [3.05, 3.63) is 29.3 Å². The molecular formula is C22H37NO6Si. The molecule has 8 heteroatoms. The van der Waals surface area contributed by atoms with Crippen LogP contribution in [0.1, 0.15) is 58.6 Å². The minimum atomic E-state index is -1.93. The molecule has 0 radical (unpaired) electrons. The minimum absolute atomic E-state index is 0.0852. The Bertz CT molecular complexity index is 749. The van der Waals surface area contributed by atoms with E-state index in [0.717, 1.165) is 5.56 Å². The van der Waals surface area contributed by atoms with Crippen molar-refractivity contribution in [1.82, 2.24) is 5.32 Å². The number of amides is 1. The van der Waals surface area contributed by atoms with Crippen LogP contribution in [0.2, 0.25) is 18.1 Å². The van der Waals surface area contributed by atoms with Crippen molar-refractivity contribution in [3.63, 3.8) is 0 Å². The number of rotatable bonds is 8. The van der Waals surface area contributed by atoms with Crippen LogP contribution in [0.4, 0.5) is 4.79 Å². The second-order valence-corrected chi connectivity index (χ2v) is 14.7. The molecule has 1 amide bonds. The molecule has 7 nitrogen and oxygen atoms in total. The van der Waals surface area contributed by atoms with E-state index in [1.54, 1.807) is 40.0 Å². The van der Waals surface area contributed by atoms with Crippen molar-refractivity contribution in [3.8, 4) is 5.75 Å². The van der Waals surface area contributed by atoms with Gasteiger partial charge in [0.25, 0.3) is 0 Å². The van der Waals surface area contributed by atoms with Crippen LogP contribution >= 0.6 is 0 Å². The highest BCUT2D eigenvalue weighted by Gasteiger charge is 2.37. The molecule has 2 N–H and O–H groups in total. The number of carbonyl (C=O) groups is 2. The number of hydrogen-bond donors (Lipinski definition) is 2. The topological polar surface area (TPSA) is 94.1 Å². The second kappa shape index (κ2) is 9.83. The predicted molar refractivity (Wildman–Crippen MR) is 120 cm³/mol. The molecule has 1 aromatic rings. The Labute approximate surface area is 181 Å². The van der Waals surface area contributed by atoms with Gasteiger partial charge in [-0.15, -0.1) is 0 Å². The molecule has 1 atom stereocenters. The maximum atomic E-state index is 11.9. The SMILES string of the molecule is COc1cc(C(CNC(=O)OC(C)(C)C)C(=O)O)ccc1CO[Si](C)(C)C(C)(C)C. The van der Waals surface area contributed by atoms with Crippen LogP contribution in [0.15, 0.2) is 18.2 Å². The van der Waals surface area contributed by atoms with Crippen LogP contribution in [0.25, 0.3) is 0 Å². The third kappa shape index (κ3) is 7.64. The first-order valence-electron chi connectivity index (χ1n) is 10.1. The Balaban J connectivity index is 2.97. The molecule has 0 aliphatic rings. The van der Waals surface area contributed by atoms with Gasteiger partial charge in [0.1, 0.15) is 11.4 Å². The maximum absolute atomic E-state index is 11.9. The quantitative estimate of drug-likeness (QED) is 0.559. The smallest absolute Gasteiger partial charge is 0.407 e. The zero-order chi connectivity index (χ0) is 23.3. The molecule has 0 saturated heterocycles. The number of carbonyl (C=O) groups excluding carboxylic acids is 1. The number of hydrogen-bond acceptors (Lipinski definition) is 5. The zero-order valence-corrected chi connectivity index (χ0v) is 20.7. The fourth-order valence-electron chi connectivity index (χ4n) is 2.42. The fraction of sp³-hybridized carbons (Fsp3) is 0.636. The van der Waals surface area contributed by atoms with Gasteiger partial charge in [0.2, 0.25) is 0 Å². The highest BCUT2D eigenvalue weighted by Crippen LogP contribution is 2.37. The Kier molecular flexibility index (Phi) is 8.51. The van der Waals surface area contributed by atoms with Crippen LogP contribution in [0, 0.1) is 0 Å². The van der Waals surface area contributed by atoms with Crippen LogP contribution in [0.5, 0.6) is 5.75 Å². The summed E-state index contributed by atoms with van der Waals surface area (Å²) >= 11 is 0. The van der Waals surface area contributed by atoms with Gasteiger partial charge in [0.05, 0.1) is 19.6 Å². The minimum Gasteiger partial charge on any atom is -0.496 e.